The Morgan fingerprint density at radius 3 is 2.41 bits per heavy atom. The Balaban J connectivity index is 2.06. The topological polar surface area (TPSA) is 111 Å². The smallest absolute Gasteiger partial charge is 0.343 e. The second kappa shape index (κ2) is 7.74. The molecule has 7 nitrogen and oxygen atoms in total. The quantitative estimate of drug-likeness (QED) is 0.534. The van der Waals surface area contributed by atoms with Crippen LogP contribution >= 0.6 is 0 Å². The first kappa shape index (κ1) is 18.2. The molecule has 138 valence electrons. The van der Waals surface area contributed by atoms with E-state index in [-0.39, 0.29) is 17.1 Å². The van der Waals surface area contributed by atoms with Gasteiger partial charge in [-0.15, -0.1) is 0 Å². The minimum atomic E-state index is -1.36. The zero-order valence-electron chi connectivity index (χ0n) is 14.7. The van der Waals surface area contributed by atoms with Crippen LogP contribution in [0.2, 0.25) is 0 Å². The molecule has 3 rings (SSSR count). The summed E-state index contributed by atoms with van der Waals surface area (Å²) in [4.78, 5) is 39.6. The van der Waals surface area contributed by atoms with E-state index in [0.717, 1.165) is 5.56 Å². The van der Waals surface area contributed by atoms with Crippen LogP contribution in [0.25, 0.3) is 10.9 Å². The number of carboxylic acid groups (broad SMARTS) is 1. The van der Waals surface area contributed by atoms with E-state index >= 15 is 0 Å². The van der Waals surface area contributed by atoms with Crippen molar-refractivity contribution in [1.82, 2.24) is 10.3 Å². The number of amides is 1. The molecule has 1 amide bonds. The van der Waals surface area contributed by atoms with Crippen molar-refractivity contribution in [1.29, 1.82) is 0 Å². The lowest BCUT2D eigenvalue weighted by atomic mass is 10.0. The van der Waals surface area contributed by atoms with Crippen LogP contribution in [0.5, 0.6) is 0 Å². The number of pyridine rings is 1. The van der Waals surface area contributed by atoms with Gasteiger partial charge in [-0.1, -0.05) is 42.5 Å². The molecular weight excluding hydrogens is 346 g/mol. The molecule has 0 fully saturated rings. The van der Waals surface area contributed by atoms with Gasteiger partial charge in [-0.3, -0.25) is 9.59 Å². The van der Waals surface area contributed by atoms with E-state index in [2.05, 4.69) is 15.6 Å². The van der Waals surface area contributed by atoms with Crippen molar-refractivity contribution in [3.05, 3.63) is 75.9 Å². The fourth-order valence-corrected chi connectivity index (χ4v) is 2.96. The van der Waals surface area contributed by atoms with Crippen LogP contribution in [-0.4, -0.2) is 35.1 Å². The number of hydrogen-bond donors (Lipinski definition) is 4. The molecule has 27 heavy (non-hydrogen) atoms. The maximum absolute atomic E-state index is 12.6. The molecule has 1 heterocycles. The molecule has 7 heteroatoms. The largest absolute Gasteiger partial charge is 0.477 e. The summed E-state index contributed by atoms with van der Waals surface area (Å²) >= 11 is 0. The van der Waals surface area contributed by atoms with Crippen LogP contribution in [-0.2, 0) is 11.2 Å². The van der Waals surface area contributed by atoms with Crippen molar-refractivity contribution < 1.29 is 14.7 Å². The van der Waals surface area contributed by atoms with Crippen LogP contribution in [0.3, 0.4) is 0 Å². The first-order valence-corrected chi connectivity index (χ1v) is 8.41. The molecule has 4 N–H and O–H groups in total. The second-order valence-corrected chi connectivity index (χ2v) is 6.06. The molecule has 0 bridgehead atoms. The van der Waals surface area contributed by atoms with E-state index < -0.39 is 23.0 Å². The highest BCUT2D eigenvalue weighted by Crippen LogP contribution is 2.18. The molecular formula is C20H19N3O4. The number of aromatic amines is 1. The molecule has 0 aliphatic rings. The zero-order valence-corrected chi connectivity index (χ0v) is 14.7. The number of carbonyl (C=O) groups excluding carboxylic acids is 1. The molecule has 0 aliphatic carbocycles. The Bertz CT molecular complexity index is 1040. The van der Waals surface area contributed by atoms with Crippen molar-refractivity contribution in [3.8, 4) is 0 Å². The van der Waals surface area contributed by atoms with Crippen LogP contribution in [0, 0.1) is 0 Å². The van der Waals surface area contributed by atoms with Gasteiger partial charge in [-0.05, 0) is 17.7 Å². The maximum atomic E-state index is 12.6. The lowest BCUT2D eigenvalue weighted by Gasteiger charge is -2.20. The Kier molecular flexibility index (Phi) is 5.21. The summed E-state index contributed by atoms with van der Waals surface area (Å²) < 4.78 is 0. The number of fused-ring (bicyclic) bond motifs is 1. The fourth-order valence-electron chi connectivity index (χ4n) is 2.96. The van der Waals surface area contributed by atoms with E-state index in [4.69, 9.17) is 0 Å². The summed E-state index contributed by atoms with van der Waals surface area (Å²) in [5.74, 6) is -1.67. The predicted molar refractivity (Wildman–Crippen MR) is 103 cm³/mol. The molecule has 0 spiro atoms. The molecule has 0 saturated carbocycles. The van der Waals surface area contributed by atoms with Crippen LogP contribution in [0.15, 0.2) is 59.4 Å². The Labute approximate surface area is 155 Å². The number of hydrogen-bond acceptors (Lipinski definition) is 4. The number of anilines is 1. The van der Waals surface area contributed by atoms with Gasteiger partial charge in [0.2, 0.25) is 11.3 Å². The Morgan fingerprint density at radius 1 is 1.07 bits per heavy atom. The first-order valence-electron chi connectivity index (χ1n) is 8.41. The summed E-state index contributed by atoms with van der Waals surface area (Å²) in [5, 5.41) is 15.3. The van der Waals surface area contributed by atoms with E-state index in [1.165, 1.54) is 7.05 Å². The average Bonchev–Trinajstić information content (AvgIpc) is 2.67. The summed E-state index contributed by atoms with van der Waals surface area (Å²) in [7, 11) is 1.50. The Hall–Kier alpha value is -3.61. The van der Waals surface area contributed by atoms with Gasteiger partial charge in [0.15, 0.2) is 0 Å². The molecule has 3 aromatic rings. The molecule has 0 aliphatic heterocycles. The van der Waals surface area contributed by atoms with Gasteiger partial charge in [0, 0.05) is 18.9 Å². The van der Waals surface area contributed by atoms with Crippen LogP contribution in [0.1, 0.15) is 15.9 Å². The normalized spacial score (nSPS) is 11.7. The molecule has 1 aromatic heterocycles. The van der Waals surface area contributed by atoms with E-state index in [1.54, 1.807) is 24.3 Å². The third kappa shape index (κ3) is 3.82. The zero-order chi connectivity index (χ0) is 19.4. The van der Waals surface area contributed by atoms with Gasteiger partial charge < -0.3 is 20.7 Å². The monoisotopic (exact) mass is 365 g/mol. The lowest BCUT2D eigenvalue weighted by molar-refractivity contribution is -0.121. The minimum Gasteiger partial charge on any atom is -0.477 e. The summed E-state index contributed by atoms with van der Waals surface area (Å²) in [6, 6.07) is 15.2. The summed E-state index contributed by atoms with van der Waals surface area (Å²) in [5.41, 5.74) is 0.370. The van der Waals surface area contributed by atoms with Crippen molar-refractivity contribution >= 4 is 28.6 Å². The highest BCUT2D eigenvalue weighted by atomic mass is 16.4. The van der Waals surface area contributed by atoms with E-state index in [1.807, 2.05) is 30.3 Å². The molecule has 1 unspecified atom stereocenters. The van der Waals surface area contributed by atoms with Crippen LogP contribution in [0.4, 0.5) is 5.82 Å². The highest BCUT2D eigenvalue weighted by molar-refractivity contribution is 5.98. The average molecular weight is 365 g/mol. The van der Waals surface area contributed by atoms with Gasteiger partial charge in [0.25, 0.3) is 0 Å². The van der Waals surface area contributed by atoms with Gasteiger partial charge in [-0.25, -0.2) is 4.79 Å². The summed E-state index contributed by atoms with van der Waals surface area (Å²) in [6.07, 6.45) is 0.328. The predicted octanol–water partition coefficient (Wildman–Crippen LogP) is 2.00. The Morgan fingerprint density at radius 2 is 1.74 bits per heavy atom. The number of rotatable bonds is 6. The number of aromatic nitrogens is 1. The molecule has 0 radical (unpaired) electrons. The van der Waals surface area contributed by atoms with Crippen molar-refractivity contribution in [3.63, 3.8) is 0 Å². The molecule has 0 saturated heterocycles. The maximum Gasteiger partial charge on any atom is 0.343 e. The number of H-pyrrole nitrogens is 1. The van der Waals surface area contributed by atoms with E-state index in [0.29, 0.717) is 11.9 Å². The second-order valence-electron chi connectivity index (χ2n) is 6.06. The third-order valence-electron chi connectivity index (χ3n) is 4.29. The van der Waals surface area contributed by atoms with Crippen molar-refractivity contribution in [2.24, 2.45) is 0 Å². The third-order valence-corrected chi connectivity index (χ3v) is 4.29. The van der Waals surface area contributed by atoms with Crippen LogP contribution < -0.4 is 16.1 Å². The highest BCUT2D eigenvalue weighted by Gasteiger charge is 2.24. The number of nitrogens with one attached hydrogen (secondary N) is 3. The summed E-state index contributed by atoms with van der Waals surface area (Å²) in [6.45, 7) is 0. The number of carbonyl (C=O) groups is 2. The molecule has 2 aromatic carbocycles. The first-order chi connectivity index (χ1) is 13.0. The van der Waals surface area contributed by atoms with Gasteiger partial charge in [-0.2, -0.15) is 0 Å². The number of aromatic carboxylic acids is 1. The van der Waals surface area contributed by atoms with Gasteiger partial charge in [0.1, 0.15) is 17.4 Å². The standard InChI is InChI=1S/C20H19N3O4/c1-21-19(25)15(11-12-7-3-2-4-8-12)23-18-16(20(26)27)17(24)13-9-5-6-10-14(13)22-18/h2-10,15H,11H2,1H3,(H,21,25)(H,26,27)(H2,22,23,24). The van der Waals surface area contributed by atoms with Crippen molar-refractivity contribution in [2.75, 3.05) is 12.4 Å². The molecule has 1 atom stereocenters. The minimum absolute atomic E-state index is 0.00994. The SMILES string of the molecule is CNC(=O)C(Cc1ccccc1)Nc1[nH]c2ccccc2c(=O)c1C(=O)O. The fraction of sp³-hybridized carbons (Fsp3) is 0.150. The number of benzene rings is 2. The van der Waals surface area contributed by atoms with E-state index in [9.17, 15) is 19.5 Å². The van der Waals surface area contributed by atoms with Gasteiger partial charge in [0.05, 0.1) is 5.52 Å². The van der Waals surface area contributed by atoms with Gasteiger partial charge >= 0.3 is 5.97 Å². The van der Waals surface area contributed by atoms with Crippen molar-refractivity contribution in [2.45, 2.75) is 12.5 Å². The number of para-hydroxylation sites is 1. The lowest BCUT2D eigenvalue weighted by Crippen LogP contribution is -2.40. The number of carboxylic acids is 1. The number of likely N-dealkylation sites (N-methyl/N-ethyl adjacent to an activating group) is 1.